The molecule has 0 N–H and O–H groups in total. The van der Waals surface area contributed by atoms with Gasteiger partial charge in [0.15, 0.2) is 5.79 Å². The predicted molar refractivity (Wildman–Crippen MR) is 159 cm³/mol. The Morgan fingerprint density at radius 1 is 0.825 bits per heavy atom. The standard InChI is InChI=1S/C17H19FO2.C16H17FO.C2H6/c18-16-5-4-13(14-2-1-3-15(14)16)12-6-8-17(9-7-12)19-10-11-20-17;1-3-13-14(4-2)16(17)10-9-15(13)11-5-7-12(18)8-6-11;1-2/h1,3-5,12H,2,6-11H2;3-4,9-11H,1-2,5-8H2;1-2H3. The molecule has 214 valence electrons. The molecule has 2 aromatic rings. The largest absolute Gasteiger partial charge is 0.348 e. The number of ether oxygens (including phenoxy) is 2. The van der Waals surface area contributed by atoms with Gasteiger partial charge in [-0.15, -0.1) is 0 Å². The van der Waals surface area contributed by atoms with E-state index in [0.29, 0.717) is 36.0 Å². The van der Waals surface area contributed by atoms with Crippen LogP contribution in [0.3, 0.4) is 0 Å². The maximum absolute atomic E-state index is 13.8. The summed E-state index contributed by atoms with van der Waals surface area (Å²) in [7, 11) is 0. The molecule has 4 aliphatic rings. The number of Topliss-reactive ketones (excluding diaryl/α,β-unsaturated/α-hetero) is 1. The second kappa shape index (κ2) is 13.6. The Bertz CT molecular complexity index is 1240. The fourth-order valence-electron chi connectivity index (χ4n) is 6.56. The Balaban J connectivity index is 0.000000175. The van der Waals surface area contributed by atoms with Crippen molar-refractivity contribution in [3.63, 3.8) is 0 Å². The highest BCUT2D eigenvalue weighted by atomic mass is 19.1. The van der Waals surface area contributed by atoms with Gasteiger partial charge in [0.25, 0.3) is 0 Å². The quantitative estimate of drug-likeness (QED) is 0.382. The lowest BCUT2D eigenvalue weighted by Gasteiger charge is -2.36. The van der Waals surface area contributed by atoms with E-state index >= 15 is 0 Å². The van der Waals surface area contributed by atoms with Crippen LogP contribution in [0.1, 0.15) is 110 Å². The van der Waals surface area contributed by atoms with Gasteiger partial charge in [0.05, 0.1) is 13.2 Å². The SMILES string of the molecule is C=Cc1c(F)ccc(C2CCC(=O)CC2)c1C=C.CC.Fc1ccc(C2CCC3(CC2)OCCO3)c2c1C=CC2. The summed E-state index contributed by atoms with van der Waals surface area (Å²) in [6.07, 6.45) is 15.1. The highest BCUT2D eigenvalue weighted by Crippen LogP contribution is 2.44. The van der Waals surface area contributed by atoms with Gasteiger partial charge in [-0.3, -0.25) is 4.79 Å². The van der Waals surface area contributed by atoms with Gasteiger partial charge in [-0.1, -0.05) is 63.4 Å². The molecule has 2 saturated carbocycles. The van der Waals surface area contributed by atoms with Gasteiger partial charge in [-0.25, -0.2) is 8.78 Å². The molecule has 3 fully saturated rings. The van der Waals surface area contributed by atoms with Crippen molar-refractivity contribution in [3.8, 4) is 0 Å². The molecule has 3 aliphatic carbocycles. The van der Waals surface area contributed by atoms with Crippen molar-refractivity contribution in [2.24, 2.45) is 0 Å². The summed E-state index contributed by atoms with van der Waals surface area (Å²) in [4.78, 5) is 11.3. The van der Waals surface area contributed by atoms with E-state index in [-0.39, 0.29) is 17.4 Å². The molecule has 0 bridgehead atoms. The van der Waals surface area contributed by atoms with Crippen LogP contribution >= 0.6 is 0 Å². The van der Waals surface area contributed by atoms with Crippen LogP contribution in [0.2, 0.25) is 0 Å². The first-order chi connectivity index (χ1) is 19.4. The summed E-state index contributed by atoms with van der Waals surface area (Å²) in [6.45, 7) is 12.9. The van der Waals surface area contributed by atoms with Crippen molar-refractivity contribution < 1.29 is 23.0 Å². The van der Waals surface area contributed by atoms with Crippen LogP contribution in [0.15, 0.2) is 43.5 Å². The second-order valence-corrected chi connectivity index (χ2v) is 10.7. The van der Waals surface area contributed by atoms with E-state index in [1.165, 1.54) is 23.3 Å². The van der Waals surface area contributed by atoms with E-state index in [9.17, 15) is 13.6 Å². The maximum Gasteiger partial charge on any atom is 0.168 e. The van der Waals surface area contributed by atoms with E-state index in [1.807, 2.05) is 32.1 Å². The van der Waals surface area contributed by atoms with Crippen LogP contribution in [-0.4, -0.2) is 24.8 Å². The zero-order valence-corrected chi connectivity index (χ0v) is 23.9. The molecular weight excluding hydrogens is 506 g/mol. The number of carbonyl (C=O) groups is 1. The lowest BCUT2D eigenvalue weighted by atomic mass is 9.78. The van der Waals surface area contributed by atoms with Gasteiger partial charge >= 0.3 is 0 Å². The normalized spacial score (nSPS) is 19.9. The van der Waals surface area contributed by atoms with Gasteiger partial charge in [0.1, 0.15) is 17.4 Å². The van der Waals surface area contributed by atoms with Gasteiger partial charge in [0.2, 0.25) is 0 Å². The molecule has 40 heavy (non-hydrogen) atoms. The fraction of sp³-hybridized carbons (Fsp3) is 0.457. The zero-order chi connectivity index (χ0) is 28.7. The van der Waals surface area contributed by atoms with Gasteiger partial charge in [-0.2, -0.15) is 0 Å². The van der Waals surface area contributed by atoms with Gasteiger partial charge in [-0.05, 0) is 78.3 Å². The zero-order valence-electron chi connectivity index (χ0n) is 23.9. The first kappa shape index (κ1) is 30.1. The lowest BCUT2D eigenvalue weighted by molar-refractivity contribution is -0.178. The number of hydrogen-bond acceptors (Lipinski definition) is 3. The number of benzene rings is 2. The summed E-state index contributed by atoms with van der Waals surface area (Å²) in [5.41, 5.74) is 5.76. The lowest BCUT2D eigenvalue weighted by Crippen LogP contribution is -2.34. The average molecular weight is 549 g/mol. The Morgan fingerprint density at radius 2 is 1.40 bits per heavy atom. The minimum Gasteiger partial charge on any atom is -0.348 e. The van der Waals surface area contributed by atoms with Crippen LogP contribution < -0.4 is 0 Å². The van der Waals surface area contributed by atoms with Gasteiger partial charge < -0.3 is 9.47 Å². The maximum atomic E-state index is 13.8. The minimum absolute atomic E-state index is 0.0905. The van der Waals surface area contributed by atoms with Crippen LogP contribution in [0.25, 0.3) is 18.2 Å². The average Bonchev–Trinajstić information content (AvgIpc) is 3.67. The topological polar surface area (TPSA) is 35.5 Å². The molecule has 1 saturated heterocycles. The minimum atomic E-state index is -0.308. The molecule has 1 aliphatic heterocycles. The second-order valence-electron chi connectivity index (χ2n) is 10.7. The van der Waals surface area contributed by atoms with Crippen molar-refractivity contribution in [2.75, 3.05) is 13.2 Å². The van der Waals surface area contributed by atoms with Crippen molar-refractivity contribution in [1.29, 1.82) is 0 Å². The summed E-state index contributed by atoms with van der Waals surface area (Å²) < 4.78 is 39.0. The van der Waals surface area contributed by atoms with E-state index in [0.717, 1.165) is 74.8 Å². The van der Waals surface area contributed by atoms with E-state index < -0.39 is 0 Å². The number of allylic oxidation sites excluding steroid dienone is 1. The number of ketones is 1. The molecule has 1 heterocycles. The molecule has 0 unspecified atom stereocenters. The Hall–Kier alpha value is -2.89. The van der Waals surface area contributed by atoms with Crippen molar-refractivity contribution in [3.05, 3.63) is 88.5 Å². The highest BCUT2D eigenvalue weighted by Gasteiger charge is 2.41. The molecule has 0 amide bonds. The Kier molecular flexibility index (Phi) is 10.3. The molecule has 2 aromatic carbocycles. The number of carbonyl (C=O) groups excluding carboxylic acids is 1. The van der Waals surface area contributed by atoms with Crippen LogP contribution in [0.5, 0.6) is 0 Å². The van der Waals surface area contributed by atoms with Crippen molar-refractivity contribution >= 4 is 24.0 Å². The Labute approximate surface area is 238 Å². The van der Waals surface area contributed by atoms with E-state index in [1.54, 1.807) is 12.1 Å². The van der Waals surface area contributed by atoms with Crippen LogP contribution in [0, 0.1) is 11.6 Å². The fourth-order valence-corrected chi connectivity index (χ4v) is 6.56. The van der Waals surface area contributed by atoms with Crippen molar-refractivity contribution in [1.82, 2.24) is 0 Å². The molecule has 1 spiro atoms. The molecule has 5 heteroatoms. The monoisotopic (exact) mass is 548 g/mol. The third-order valence-electron chi connectivity index (χ3n) is 8.61. The molecule has 6 rings (SSSR count). The third-order valence-corrected chi connectivity index (χ3v) is 8.61. The first-order valence-corrected chi connectivity index (χ1v) is 14.8. The number of rotatable bonds is 4. The number of halogens is 2. The first-order valence-electron chi connectivity index (χ1n) is 14.8. The van der Waals surface area contributed by atoms with Gasteiger partial charge in [0, 0.05) is 36.8 Å². The molecule has 0 radical (unpaired) electrons. The van der Waals surface area contributed by atoms with Crippen LogP contribution in [0.4, 0.5) is 8.78 Å². The van der Waals surface area contributed by atoms with Crippen LogP contribution in [-0.2, 0) is 20.7 Å². The number of fused-ring (bicyclic) bond motifs is 1. The van der Waals surface area contributed by atoms with E-state index in [4.69, 9.17) is 9.47 Å². The summed E-state index contributed by atoms with van der Waals surface area (Å²) in [5.74, 6) is 0.510. The summed E-state index contributed by atoms with van der Waals surface area (Å²) in [6, 6.07) is 6.91. The third kappa shape index (κ3) is 6.37. The van der Waals surface area contributed by atoms with Crippen molar-refractivity contribution in [2.45, 2.75) is 89.3 Å². The number of hydrogen-bond donors (Lipinski definition) is 0. The predicted octanol–water partition coefficient (Wildman–Crippen LogP) is 9.16. The summed E-state index contributed by atoms with van der Waals surface area (Å²) in [5, 5.41) is 0. The molecular formula is C35H42F2O3. The smallest absolute Gasteiger partial charge is 0.168 e. The molecule has 0 atom stereocenters. The molecule has 3 nitrogen and oxygen atoms in total. The van der Waals surface area contributed by atoms with E-state index in [2.05, 4.69) is 19.2 Å². The summed E-state index contributed by atoms with van der Waals surface area (Å²) >= 11 is 0. The Morgan fingerprint density at radius 3 is 2.02 bits per heavy atom. The highest BCUT2D eigenvalue weighted by molar-refractivity contribution is 5.79. The molecule has 0 aromatic heterocycles.